The third-order valence-electron chi connectivity index (χ3n) is 4.03. The molecule has 0 atom stereocenters. The van der Waals surface area contributed by atoms with E-state index >= 15 is 0 Å². The van der Waals surface area contributed by atoms with Gasteiger partial charge in [-0.2, -0.15) is 35.4 Å². The Bertz CT molecular complexity index is 996. The Morgan fingerprint density at radius 2 is 1.25 bits per heavy atom. The first-order chi connectivity index (χ1) is 13.1. The largest absolute Gasteiger partial charge is 2.00 e. The molecule has 0 fully saturated rings. The van der Waals surface area contributed by atoms with Crippen LogP contribution in [0.5, 0.6) is 0 Å². The Morgan fingerprint density at radius 3 is 1.82 bits per heavy atom. The minimum Gasteiger partial charge on any atom is -0.256 e. The van der Waals surface area contributed by atoms with Crippen molar-refractivity contribution in [3.63, 3.8) is 0 Å². The van der Waals surface area contributed by atoms with Crippen LogP contribution in [0, 0.1) is 32.9 Å². The quantitative estimate of drug-likeness (QED) is 0.299. The molecule has 0 aliphatic rings. The Kier molecular flexibility index (Phi) is 8.10. The molecule has 4 rings (SSSR count). The van der Waals surface area contributed by atoms with Gasteiger partial charge in [-0.25, -0.2) is 0 Å². The molecule has 0 saturated carbocycles. The predicted octanol–water partition coefficient (Wildman–Crippen LogP) is 6.02. The van der Waals surface area contributed by atoms with E-state index in [2.05, 4.69) is 28.2 Å². The average molecular weight is 409 g/mol. The van der Waals surface area contributed by atoms with E-state index in [9.17, 15) is 0 Å². The minimum absolute atomic E-state index is 0. The van der Waals surface area contributed by atoms with Crippen molar-refractivity contribution in [1.29, 1.82) is 0 Å². The number of rotatable bonds is 2. The first-order valence-corrected chi connectivity index (χ1v) is 8.94. The number of nitrogens with zero attached hydrogens (tertiary/aromatic N) is 2. The Hall–Kier alpha value is -2.77. The van der Waals surface area contributed by atoms with E-state index in [1.165, 1.54) is 11.1 Å². The van der Waals surface area contributed by atoms with Crippen LogP contribution in [-0.2, 0) is 16.5 Å². The monoisotopic (exact) mass is 408 g/mol. The topological polar surface area (TPSA) is 25.8 Å². The maximum absolute atomic E-state index is 4.38. The number of aryl methyl sites for hydroxylation is 3. The molecule has 0 saturated heterocycles. The van der Waals surface area contributed by atoms with Crippen molar-refractivity contribution in [1.82, 2.24) is 9.97 Å². The van der Waals surface area contributed by atoms with E-state index in [0.29, 0.717) is 0 Å². The standard InChI is InChI=1S/C17H13N2.C8H9.Ni/c1-13-5-4-6-14(11-13)15-8-10-19-17(12-15)16-7-2-3-9-18-16;1-7-4-3-5-8(2)6-7;/h2-10,12H,1H3;3-5H,1-2H3;/q2*-1;+2. The zero-order chi connectivity index (χ0) is 19.1. The molecule has 0 aliphatic carbocycles. The molecule has 0 amide bonds. The van der Waals surface area contributed by atoms with Crippen LogP contribution in [0.15, 0.2) is 79.1 Å². The zero-order valence-corrected chi connectivity index (χ0v) is 17.2. The van der Waals surface area contributed by atoms with E-state index in [1.54, 1.807) is 6.20 Å². The van der Waals surface area contributed by atoms with Crippen LogP contribution >= 0.6 is 0 Å². The van der Waals surface area contributed by atoms with Crippen LogP contribution in [0.1, 0.15) is 16.7 Å². The molecule has 142 valence electrons. The summed E-state index contributed by atoms with van der Waals surface area (Å²) in [6.45, 7) is 6.14. The van der Waals surface area contributed by atoms with Gasteiger partial charge in [-0.3, -0.25) is 9.97 Å². The molecule has 2 aromatic heterocycles. The average Bonchev–Trinajstić information content (AvgIpc) is 2.69. The summed E-state index contributed by atoms with van der Waals surface area (Å²) in [6.07, 6.45) is 3.60. The van der Waals surface area contributed by atoms with Gasteiger partial charge in [0, 0.05) is 12.4 Å². The van der Waals surface area contributed by atoms with Crippen LogP contribution in [-0.4, -0.2) is 9.97 Å². The van der Waals surface area contributed by atoms with E-state index in [-0.39, 0.29) is 16.5 Å². The summed E-state index contributed by atoms with van der Waals surface area (Å²) in [5.41, 5.74) is 7.52. The van der Waals surface area contributed by atoms with Crippen molar-refractivity contribution < 1.29 is 16.5 Å². The van der Waals surface area contributed by atoms with Crippen molar-refractivity contribution in [2.24, 2.45) is 0 Å². The molecule has 2 nitrogen and oxygen atoms in total. The van der Waals surface area contributed by atoms with Gasteiger partial charge in [0.05, 0.1) is 11.4 Å². The molecule has 2 heterocycles. The third-order valence-corrected chi connectivity index (χ3v) is 4.03. The van der Waals surface area contributed by atoms with Gasteiger partial charge in [-0.05, 0) is 12.1 Å². The molecule has 0 radical (unpaired) electrons. The maximum atomic E-state index is 4.38. The fourth-order valence-corrected chi connectivity index (χ4v) is 2.74. The van der Waals surface area contributed by atoms with Crippen LogP contribution in [0.25, 0.3) is 22.5 Å². The molecular formula is C25H22N2Ni. The molecule has 28 heavy (non-hydrogen) atoms. The second-order valence-corrected chi connectivity index (χ2v) is 6.41. The van der Waals surface area contributed by atoms with Gasteiger partial charge in [0.2, 0.25) is 0 Å². The van der Waals surface area contributed by atoms with Gasteiger partial charge in [0.1, 0.15) is 0 Å². The van der Waals surface area contributed by atoms with Crippen molar-refractivity contribution in [3.8, 4) is 22.5 Å². The molecule has 4 aromatic rings. The fraction of sp³-hybridized carbons (Fsp3) is 0.120. The first-order valence-electron chi connectivity index (χ1n) is 8.94. The van der Waals surface area contributed by atoms with Crippen LogP contribution in [0.2, 0.25) is 0 Å². The van der Waals surface area contributed by atoms with Crippen molar-refractivity contribution >= 4 is 0 Å². The van der Waals surface area contributed by atoms with Crippen LogP contribution in [0.3, 0.4) is 0 Å². The summed E-state index contributed by atoms with van der Waals surface area (Å²) in [5.74, 6) is 0. The summed E-state index contributed by atoms with van der Waals surface area (Å²) in [7, 11) is 0. The second-order valence-electron chi connectivity index (χ2n) is 6.41. The van der Waals surface area contributed by atoms with Crippen LogP contribution < -0.4 is 0 Å². The minimum atomic E-state index is 0. The van der Waals surface area contributed by atoms with Crippen molar-refractivity contribution in [2.45, 2.75) is 20.8 Å². The number of hydrogen-bond donors (Lipinski definition) is 0. The molecule has 0 N–H and O–H groups in total. The van der Waals surface area contributed by atoms with Gasteiger partial charge >= 0.3 is 16.5 Å². The number of hydrogen-bond acceptors (Lipinski definition) is 2. The molecule has 0 spiro atoms. The summed E-state index contributed by atoms with van der Waals surface area (Å²) < 4.78 is 0. The molecule has 0 bridgehead atoms. The summed E-state index contributed by atoms with van der Waals surface area (Å²) >= 11 is 0. The number of pyridine rings is 2. The Balaban J connectivity index is 0.000000264. The molecule has 0 aliphatic heterocycles. The molecular weight excluding hydrogens is 387 g/mol. The maximum Gasteiger partial charge on any atom is 2.00 e. The van der Waals surface area contributed by atoms with Gasteiger partial charge in [-0.1, -0.05) is 44.5 Å². The summed E-state index contributed by atoms with van der Waals surface area (Å²) in [5, 5.41) is 0. The van der Waals surface area contributed by atoms with E-state index < -0.39 is 0 Å². The number of benzene rings is 2. The summed E-state index contributed by atoms with van der Waals surface area (Å²) in [6, 6.07) is 28.7. The van der Waals surface area contributed by atoms with E-state index in [4.69, 9.17) is 0 Å². The number of aromatic nitrogens is 2. The third kappa shape index (κ3) is 6.14. The van der Waals surface area contributed by atoms with Gasteiger partial charge in [-0.15, -0.1) is 35.4 Å². The fourth-order valence-electron chi connectivity index (χ4n) is 2.74. The Morgan fingerprint density at radius 1 is 0.607 bits per heavy atom. The van der Waals surface area contributed by atoms with E-state index in [1.807, 2.05) is 87.6 Å². The van der Waals surface area contributed by atoms with Crippen molar-refractivity contribution in [2.75, 3.05) is 0 Å². The molecule has 3 heteroatoms. The molecule has 2 aromatic carbocycles. The SMILES string of the molecule is Cc1[c-]c(-c2ccnc(-c3ccccn3)c2)ccc1.Cc1[c-]c(C)ccc1.[Ni+2]. The van der Waals surface area contributed by atoms with Gasteiger partial charge in [0.15, 0.2) is 0 Å². The predicted molar refractivity (Wildman–Crippen MR) is 111 cm³/mol. The Labute approximate surface area is 177 Å². The van der Waals surface area contributed by atoms with E-state index in [0.717, 1.165) is 28.1 Å². The molecule has 0 unspecified atom stereocenters. The van der Waals surface area contributed by atoms with Crippen LogP contribution in [0.4, 0.5) is 0 Å². The normalized spacial score (nSPS) is 9.68. The summed E-state index contributed by atoms with van der Waals surface area (Å²) in [4.78, 5) is 8.71. The zero-order valence-electron chi connectivity index (χ0n) is 16.2. The van der Waals surface area contributed by atoms with Gasteiger partial charge < -0.3 is 0 Å². The second kappa shape index (κ2) is 10.5. The van der Waals surface area contributed by atoms with Crippen molar-refractivity contribution in [3.05, 3.63) is 108 Å². The van der Waals surface area contributed by atoms with Gasteiger partial charge in [0.25, 0.3) is 0 Å². The smallest absolute Gasteiger partial charge is 0.256 e. The first kappa shape index (κ1) is 21.5.